The molecule has 0 saturated heterocycles. The van der Waals surface area contributed by atoms with Crippen LogP contribution in [-0.2, 0) is 6.42 Å². The fraction of sp³-hybridized carbons (Fsp3) is 0.136. The molecule has 0 amide bonds. The maximum Gasteiger partial charge on any atom is 0.0689 e. The van der Waals surface area contributed by atoms with Gasteiger partial charge in [-0.15, -0.1) is 0 Å². The molecule has 0 unspecified atom stereocenters. The molecule has 2 heteroatoms. The minimum atomic E-state index is 1.02. The number of hydrazone groups is 1. The number of fused-ring (bicyclic) bond motifs is 1. The maximum atomic E-state index is 5.07. The average molecular weight is 312 g/mol. The molecule has 1 aliphatic carbocycles. The number of rotatable bonds is 3. The number of para-hydroxylation sites is 2. The molecule has 3 aromatic carbocycles. The van der Waals surface area contributed by atoms with Gasteiger partial charge in [0.05, 0.1) is 17.1 Å². The van der Waals surface area contributed by atoms with Crippen LogP contribution in [0.3, 0.4) is 0 Å². The first kappa shape index (κ1) is 14.7. The van der Waals surface area contributed by atoms with Crippen LogP contribution in [0.4, 0.5) is 11.4 Å². The highest BCUT2D eigenvalue weighted by atomic mass is 15.5. The molecular formula is C22H20N2. The molecule has 0 aliphatic heterocycles. The van der Waals surface area contributed by atoms with Crippen LogP contribution in [0, 0.1) is 0 Å². The monoisotopic (exact) mass is 312 g/mol. The van der Waals surface area contributed by atoms with Crippen LogP contribution in [0.1, 0.15) is 24.0 Å². The lowest BCUT2D eigenvalue weighted by Gasteiger charge is -2.24. The van der Waals surface area contributed by atoms with Crippen molar-refractivity contribution in [3.63, 3.8) is 0 Å². The average Bonchev–Trinajstić information content (AvgIpc) is 2.67. The Morgan fingerprint density at radius 2 is 1.21 bits per heavy atom. The van der Waals surface area contributed by atoms with Crippen molar-refractivity contribution in [3.05, 3.63) is 96.1 Å². The van der Waals surface area contributed by atoms with Gasteiger partial charge in [0.1, 0.15) is 0 Å². The molecule has 0 heterocycles. The van der Waals surface area contributed by atoms with Gasteiger partial charge < -0.3 is 0 Å². The van der Waals surface area contributed by atoms with E-state index in [0.717, 1.165) is 30.6 Å². The van der Waals surface area contributed by atoms with E-state index in [1.54, 1.807) is 0 Å². The summed E-state index contributed by atoms with van der Waals surface area (Å²) in [5.41, 5.74) is 6.03. The molecule has 0 N–H and O–H groups in total. The third-order valence-corrected chi connectivity index (χ3v) is 4.41. The quantitative estimate of drug-likeness (QED) is 0.578. The fourth-order valence-corrected chi connectivity index (χ4v) is 3.23. The van der Waals surface area contributed by atoms with Gasteiger partial charge in [0.15, 0.2) is 0 Å². The van der Waals surface area contributed by atoms with Crippen LogP contribution in [-0.4, -0.2) is 5.71 Å². The Morgan fingerprint density at radius 3 is 1.88 bits per heavy atom. The molecule has 0 saturated carbocycles. The van der Waals surface area contributed by atoms with E-state index >= 15 is 0 Å². The summed E-state index contributed by atoms with van der Waals surface area (Å²) in [5.74, 6) is 0. The van der Waals surface area contributed by atoms with E-state index in [4.69, 9.17) is 5.10 Å². The second-order valence-corrected chi connectivity index (χ2v) is 6.04. The zero-order chi connectivity index (χ0) is 16.2. The lowest BCUT2D eigenvalue weighted by molar-refractivity contribution is 0.832. The summed E-state index contributed by atoms with van der Waals surface area (Å²) in [6, 6.07) is 29.4. The summed E-state index contributed by atoms with van der Waals surface area (Å²) < 4.78 is 0. The Balaban J connectivity index is 1.81. The number of benzene rings is 3. The first-order valence-corrected chi connectivity index (χ1v) is 8.48. The molecular weight excluding hydrogens is 292 g/mol. The Hall–Kier alpha value is -2.87. The zero-order valence-corrected chi connectivity index (χ0v) is 13.6. The van der Waals surface area contributed by atoms with Crippen molar-refractivity contribution in [2.45, 2.75) is 19.3 Å². The fourth-order valence-electron chi connectivity index (χ4n) is 3.23. The molecule has 4 rings (SSSR count). The van der Waals surface area contributed by atoms with E-state index in [0.29, 0.717) is 0 Å². The Bertz CT molecular complexity index is 799. The predicted octanol–water partition coefficient (Wildman–Crippen LogP) is 5.57. The largest absolute Gasteiger partial charge is 0.233 e. The van der Waals surface area contributed by atoms with Crippen LogP contribution in [0.15, 0.2) is 90.0 Å². The number of nitrogens with zero attached hydrogens (tertiary/aromatic N) is 2. The number of aryl methyl sites for hydroxylation is 1. The van der Waals surface area contributed by atoms with Gasteiger partial charge >= 0.3 is 0 Å². The number of anilines is 2. The van der Waals surface area contributed by atoms with Gasteiger partial charge in [-0.2, -0.15) is 5.10 Å². The van der Waals surface area contributed by atoms with Crippen LogP contribution in [0.2, 0.25) is 0 Å². The molecule has 3 aromatic rings. The second kappa shape index (κ2) is 6.71. The summed E-state index contributed by atoms with van der Waals surface area (Å²) in [6.45, 7) is 0. The van der Waals surface area contributed by atoms with Crippen molar-refractivity contribution in [2.24, 2.45) is 5.10 Å². The van der Waals surface area contributed by atoms with Gasteiger partial charge in [0, 0.05) is 5.56 Å². The van der Waals surface area contributed by atoms with Crippen molar-refractivity contribution < 1.29 is 0 Å². The highest BCUT2D eigenvalue weighted by Gasteiger charge is 2.17. The first-order chi connectivity index (χ1) is 11.9. The molecule has 0 atom stereocenters. The second-order valence-electron chi connectivity index (χ2n) is 6.04. The van der Waals surface area contributed by atoms with Gasteiger partial charge in [-0.05, 0) is 49.1 Å². The van der Waals surface area contributed by atoms with Gasteiger partial charge in [-0.3, -0.25) is 0 Å². The minimum absolute atomic E-state index is 1.02. The highest BCUT2D eigenvalue weighted by molar-refractivity contribution is 6.03. The zero-order valence-electron chi connectivity index (χ0n) is 13.6. The van der Waals surface area contributed by atoms with E-state index < -0.39 is 0 Å². The Labute approximate surface area is 143 Å². The van der Waals surface area contributed by atoms with Gasteiger partial charge in [0.25, 0.3) is 0 Å². The lowest BCUT2D eigenvalue weighted by atomic mass is 9.90. The number of hydrogen-bond acceptors (Lipinski definition) is 2. The molecule has 1 aliphatic rings. The van der Waals surface area contributed by atoms with Crippen molar-refractivity contribution in [1.82, 2.24) is 0 Å². The normalized spacial score (nSPS) is 15.1. The lowest BCUT2D eigenvalue weighted by Crippen LogP contribution is -2.18. The summed E-state index contributed by atoms with van der Waals surface area (Å²) in [6.07, 6.45) is 3.33. The first-order valence-electron chi connectivity index (χ1n) is 8.48. The number of hydrogen-bond donors (Lipinski definition) is 0. The Kier molecular flexibility index (Phi) is 4.11. The van der Waals surface area contributed by atoms with Crippen LogP contribution >= 0.6 is 0 Å². The topological polar surface area (TPSA) is 15.6 Å². The van der Waals surface area contributed by atoms with Gasteiger partial charge in [-0.1, -0.05) is 60.7 Å². The third-order valence-electron chi connectivity index (χ3n) is 4.41. The molecule has 0 spiro atoms. The van der Waals surface area contributed by atoms with Crippen LogP contribution in [0.5, 0.6) is 0 Å². The highest BCUT2D eigenvalue weighted by Crippen LogP contribution is 2.28. The van der Waals surface area contributed by atoms with Gasteiger partial charge in [-0.25, -0.2) is 5.01 Å². The molecule has 2 nitrogen and oxygen atoms in total. The summed E-state index contributed by atoms with van der Waals surface area (Å²) in [4.78, 5) is 0. The molecule has 118 valence electrons. The van der Waals surface area contributed by atoms with E-state index in [1.165, 1.54) is 16.8 Å². The summed E-state index contributed by atoms with van der Waals surface area (Å²) in [5, 5.41) is 7.12. The SMILES string of the molecule is c1ccc(N(/N=C2\CCCc3ccccc32)c2ccccc2)cc1. The van der Waals surface area contributed by atoms with Crippen molar-refractivity contribution >= 4 is 17.1 Å². The summed E-state index contributed by atoms with van der Waals surface area (Å²) >= 11 is 0. The van der Waals surface area contributed by atoms with Crippen LogP contribution < -0.4 is 5.01 Å². The molecule has 0 fully saturated rings. The molecule has 0 bridgehead atoms. The van der Waals surface area contributed by atoms with Crippen LogP contribution in [0.25, 0.3) is 0 Å². The predicted molar refractivity (Wildman–Crippen MR) is 101 cm³/mol. The van der Waals surface area contributed by atoms with Gasteiger partial charge in [0.2, 0.25) is 0 Å². The molecule has 0 aromatic heterocycles. The van der Waals surface area contributed by atoms with E-state index in [2.05, 4.69) is 77.8 Å². The van der Waals surface area contributed by atoms with Crippen molar-refractivity contribution in [3.8, 4) is 0 Å². The Morgan fingerprint density at radius 1 is 0.625 bits per heavy atom. The van der Waals surface area contributed by atoms with Crippen molar-refractivity contribution in [2.75, 3.05) is 5.01 Å². The minimum Gasteiger partial charge on any atom is -0.233 e. The standard InChI is InChI=1S/C22H20N2/c1-3-12-19(13-4-1)24(20-14-5-2-6-15-20)23-22-17-9-11-18-10-7-8-16-21(18)22/h1-8,10,12-16H,9,11,17H2/b23-22+. The summed E-state index contributed by atoms with van der Waals surface area (Å²) in [7, 11) is 0. The maximum absolute atomic E-state index is 5.07. The van der Waals surface area contributed by atoms with E-state index in [1.807, 2.05) is 12.1 Å². The molecule has 24 heavy (non-hydrogen) atoms. The van der Waals surface area contributed by atoms with E-state index in [-0.39, 0.29) is 0 Å². The third kappa shape index (κ3) is 2.95. The van der Waals surface area contributed by atoms with E-state index in [9.17, 15) is 0 Å². The van der Waals surface area contributed by atoms with Crippen molar-refractivity contribution in [1.29, 1.82) is 0 Å². The molecule has 0 radical (unpaired) electrons. The smallest absolute Gasteiger partial charge is 0.0689 e.